The van der Waals surface area contributed by atoms with Crippen molar-refractivity contribution in [3.63, 3.8) is 0 Å². The maximum absolute atomic E-state index is 10.8. The molecule has 0 aromatic heterocycles. The van der Waals surface area contributed by atoms with Crippen molar-refractivity contribution in [2.45, 2.75) is 76.3 Å². The van der Waals surface area contributed by atoms with E-state index in [-0.39, 0.29) is 24.2 Å². The summed E-state index contributed by atoms with van der Waals surface area (Å²) >= 11 is 0. The summed E-state index contributed by atoms with van der Waals surface area (Å²) in [5, 5.41) is 10.8. The Labute approximate surface area is 140 Å². The van der Waals surface area contributed by atoms with Crippen molar-refractivity contribution < 1.29 is 24.1 Å². The largest absolute Gasteiger partial charge is 0.387 e. The number of unbranched alkanes of at least 4 members (excludes halogenated alkanes) is 2. The Kier molecular flexibility index (Phi) is 7.76. The Bertz CT molecular complexity index is 337. The molecule has 0 amide bonds. The summed E-state index contributed by atoms with van der Waals surface area (Å²) in [5.74, 6) is 0.0585. The van der Waals surface area contributed by atoms with Gasteiger partial charge in [0, 0.05) is 39.1 Å². The van der Waals surface area contributed by atoms with Gasteiger partial charge < -0.3 is 24.1 Å². The Morgan fingerprint density at radius 1 is 1.13 bits per heavy atom. The summed E-state index contributed by atoms with van der Waals surface area (Å²) < 4.78 is 23.1. The fourth-order valence-corrected chi connectivity index (χ4v) is 3.45. The molecule has 0 bridgehead atoms. The number of hydrogen-bond acceptors (Lipinski definition) is 5. The quantitative estimate of drug-likeness (QED) is 0.590. The predicted molar refractivity (Wildman–Crippen MR) is 88.6 cm³/mol. The first kappa shape index (κ1) is 19.1. The Hall–Kier alpha value is -0.200. The highest BCUT2D eigenvalue weighted by Crippen LogP contribution is 2.52. The fourth-order valence-electron chi connectivity index (χ4n) is 3.45. The second-order valence-corrected chi connectivity index (χ2v) is 6.95. The molecule has 2 unspecified atom stereocenters. The van der Waals surface area contributed by atoms with Crippen LogP contribution >= 0.6 is 0 Å². The van der Waals surface area contributed by atoms with Crippen molar-refractivity contribution in [2.24, 2.45) is 5.92 Å². The molecule has 1 saturated heterocycles. The van der Waals surface area contributed by atoms with Crippen LogP contribution in [0.4, 0.5) is 0 Å². The van der Waals surface area contributed by atoms with Gasteiger partial charge >= 0.3 is 0 Å². The molecule has 0 aromatic rings. The van der Waals surface area contributed by atoms with Crippen molar-refractivity contribution in [1.82, 2.24) is 0 Å². The normalized spacial score (nSPS) is 36.5. The molecule has 1 aliphatic carbocycles. The van der Waals surface area contributed by atoms with E-state index in [0.717, 1.165) is 45.3 Å². The van der Waals surface area contributed by atoms with E-state index in [2.05, 4.69) is 13.8 Å². The molecule has 2 fully saturated rings. The number of aliphatic hydroxyl groups is 1. The van der Waals surface area contributed by atoms with Crippen molar-refractivity contribution in [3.05, 3.63) is 0 Å². The van der Waals surface area contributed by atoms with E-state index in [1.165, 1.54) is 0 Å². The highest BCUT2D eigenvalue weighted by molar-refractivity contribution is 5.16. The summed E-state index contributed by atoms with van der Waals surface area (Å²) in [4.78, 5) is 0. The van der Waals surface area contributed by atoms with Crippen LogP contribution in [0.15, 0.2) is 0 Å². The summed E-state index contributed by atoms with van der Waals surface area (Å²) in [6.07, 6.45) is 5.72. The monoisotopic (exact) mass is 330 g/mol. The molecule has 1 aliphatic heterocycles. The zero-order chi connectivity index (χ0) is 16.7. The van der Waals surface area contributed by atoms with E-state index >= 15 is 0 Å². The number of fused-ring (bicyclic) bond motifs is 1. The molecule has 0 radical (unpaired) electrons. The lowest BCUT2D eigenvalue weighted by Crippen LogP contribution is -2.29. The summed E-state index contributed by atoms with van der Waals surface area (Å²) in [5.41, 5.74) is -0.787. The van der Waals surface area contributed by atoms with Gasteiger partial charge in [0.15, 0.2) is 0 Å². The zero-order valence-corrected chi connectivity index (χ0v) is 15.0. The lowest BCUT2D eigenvalue weighted by molar-refractivity contribution is -0.0568. The Morgan fingerprint density at radius 2 is 1.87 bits per heavy atom. The second-order valence-electron chi connectivity index (χ2n) is 6.95. The molecule has 23 heavy (non-hydrogen) atoms. The molecular weight excluding hydrogens is 296 g/mol. The zero-order valence-electron chi connectivity index (χ0n) is 15.0. The van der Waals surface area contributed by atoms with Gasteiger partial charge in [0.2, 0.25) is 0 Å². The van der Waals surface area contributed by atoms with Gasteiger partial charge in [-0.2, -0.15) is 0 Å². The first-order valence-corrected chi connectivity index (χ1v) is 9.21. The molecule has 1 saturated carbocycles. The van der Waals surface area contributed by atoms with Gasteiger partial charge in [0.1, 0.15) is 5.60 Å². The van der Waals surface area contributed by atoms with Crippen molar-refractivity contribution in [1.29, 1.82) is 0 Å². The number of ether oxygens (including phenoxy) is 4. The summed E-state index contributed by atoms with van der Waals surface area (Å²) in [6.45, 7) is 6.95. The molecule has 2 rings (SSSR count). The van der Waals surface area contributed by atoms with E-state index < -0.39 is 5.60 Å². The van der Waals surface area contributed by atoms with Gasteiger partial charge in [-0.1, -0.05) is 26.7 Å². The van der Waals surface area contributed by atoms with Gasteiger partial charge in [-0.25, -0.2) is 0 Å². The fraction of sp³-hybridized carbons (Fsp3) is 1.00. The molecule has 5 atom stereocenters. The van der Waals surface area contributed by atoms with E-state index in [1.54, 1.807) is 7.11 Å². The third-order valence-electron chi connectivity index (χ3n) is 4.95. The van der Waals surface area contributed by atoms with Crippen LogP contribution in [0.3, 0.4) is 0 Å². The van der Waals surface area contributed by atoms with E-state index in [4.69, 9.17) is 18.9 Å². The Morgan fingerprint density at radius 3 is 2.57 bits per heavy atom. The van der Waals surface area contributed by atoms with Crippen LogP contribution in [0.2, 0.25) is 0 Å². The minimum atomic E-state index is -0.787. The van der Waals surface area contributed by atoms with Gasteiger partial charge in [0.25, 0.3) is 0 Å². The first-order valence-electron chi connectivity index (χ1n) is 9.21. The molecule has 1 heterocycles. The number of hydrogen-bond donors (Lipinski definition) is 1. The second kappa shape index (κ2) is 9.33. The van der Waals surface area contributed by atoms with Gasteiger partial charge in [0.05, 0.1) is 31.5 Å². The van der Waals surface area contributed by atoms with Crippen LogP contribution in [0, 0.1) is 5.92 Å². The third kappa shape index (κ3) is 5.13. The van der Waals surface area contributed by atoms with E-state index in [9.17, 15) is 5.11 Å². The van der Waals surface area contributed by atoms with Gasteiger partial charge in [-0.3, -0.25) is 0 Å². The topological polar surface area (TPSA) is 57.2 Å². The lowest BCUT2D eigenvalue weighted by Gasteiger charge is -2.23. The van der Waals surface area contributed by atoms with Crippen LogP contribution in [-0.2, 0) is 18.9 Å². The maximum Gasteiger partial charge on any atom is 0.101 e. The van der Waals surface area contributed by atoms with Crippen LogP contribution in [0.1, 0.15) is 52.4 Å². The van der Waals surface area contributed by atoms with E-state index in [1.807, 2.05) is 0 Å². The average molecular weight is 330 g/mol. The smallest absolute Gasteiger partial charge is 0.101 e. The predicted octanol–water partition coefficient (Wildman–Crippen LogP) is 2.54. The van der Waals surface area contributed by atoms with Crippen LogP contribution in [-0.4, -0.2) is 62.6 Å². The molecule has 1 N–H and O–H groups in total. The lowest BCUT2D eigenvalue weighted by atomic mass is 10.0. The van der Waals surface area contributed by atoms with Gasteiger partial charge in [-0.05, 0) is 12.8 Å². The molecule has 0 spiro atoms. The molecular formula is C18H34O5. The summed E-state index contributed by atoms with van der Waals surface area (Å²) in [7, 11) is 1.67. The number of rotatable bonds is 11. The minimum absolute atomic E-state index is 0.000589. The summed E-state index contributed by atoms with van der Waals surface area (Å²) in [6, 6.07) is 0. The first-order chi connectivity index (χ1) is 11.2. The van der Waals surface area contributed by atoms with Crippen molar-refractivity contribution in [2.75, 3.05) is 33.5 Å². The molecule has 5 heteroatoms. The molecule has 2 aliphatic rings. The van der Waals surface area contributed by atoms with Crippen LogP contribution < -0.4 is 0 Å². The van der Waals surface area contributed by atoms with Gasteiger partial charge in [-0.15, -0.1) is 0 Å². The molecule has 136 valence electrons. The standard InChI is InChI=1S/C18H34O5/c1-4-6-8-21-12-15-10-14(22-9-7-5-2)11-18(19)16(13-20-3)17(18)23-15/h14-17,19H,4-13H2,1-3H3/t14-,15-,16?,17?,18-/m0/s1. The highest BCUT2D eigenvalue weighted by Gasteiger charge is 2.67. The highest BCUT2D eigenvalue weighted by atomic mass is 16.6. The van der Waals surface area contributed by atoms with Crippen LogP contribution in [0.25, 0.3) is 0 Å². The SMILES string of the molecule is CCCCOC[C@@H]1C[C@H](OCCCC)C[C@]2(O)C(COC)C2O1. The average Bonchev–Trinajstić information content (AvgIpc) is 3.10. The van der Waals surface area contributed by atoms with Crippen LogP contribution in [0.5, 0.6) is 0 Å². The molecule has 5 nitrogen and oxygen atoms in total. The van der Waals surface area contributed by atoms with E-state index in [0.29, 0.717) is 19.6 Å². The Balaban J connectivity index is 1.89. The maximum atomic E-state index is 10.8. The van der Waals surface area contributed by atoms with Crippen molar-refractivity contribution in [3.8, 4) is 0 Å². The third-order valence-corrected chi connectivity index (χ3v) is 4.95. The minimum Gasteiger partial charge on any atom is -0.387 e. The molecule has 0 aromatic carbocycles. The number of methoxy groups -OCH3 is 1. The van der Waals surface area contributed by atoms with Crippen molar-refractivity contribution >= 4 is 0 Å².